The number of rotatable bonds is 6. The molecule has 1 fully saturated rings. The fourth-order valence-electron chi connectivity index (χ4n) is 2.47. The second-order valence-electron chi connectivity index (χ2n) is 5.11. The van der Waals surface area contributed by atoms with Crippen molar-refractivity contribution in [3.63, 3.8) is 0 Å². The van der Waals surface area contributed by atoms with Gasteiger partial charge < -0.3 is 10.2 Å². The number of hydrogen-bond donors (Lipinski definition) is 1. The lowest BCUT2D eigenvalue weighted by atomic mass is 10.2. The molecule has 3 nitrogen and oxygen atoms in total. The molecule has 2 rings (SSSR count). The van der Waals surface area contributed by atoms with Crippen molar-refractivity contribution in [1.82, 2.24) is 10.2 Å². The van der Waals surface area contributed by atoms with Crippen molar-refractivity contribution >= 4 is 17.5 Å². The predicted molar refractivity (Wildman–Crippen MR) is 78.7 cm³/mol. The number of benzene rings is 1. The van der Waals surface area contributed by atoms with Gasteiger partial charge in [-0.1, -0.05) is 17.7 Å². The molecule has 1 aliphatic heterocycles. The summed E-state index contributed by atoms with van der Waals surface area (Å²) >= 11 is 5.84. The third kappa shape index (κ3) is 4.18. The summed E-state index contributed by atoms with van der Waals surface area (Å²) in [6, 6.07) is 4.26. The zero-order chi connectivity index (χ0) is 14.4. The number of nitrogens with zero attached hydrogens (tertiary/aromatic N) is 1. The van der Waals surface area contributed by atoms with Crippen molar-refractivity contribution in [2.24, 2.45) is 0 Å². The normalized spacial score (nSPS) is 15.5. The summed E-state index contributed by atoms with van der Waals surface area (Å²) in [4.78, 5) is 14.3. The van der Waals surface area contributed by atoms with Crippen LogP contribution in [0.15, 0.2) is 18.2 Å². The fourth-order valence-corrected chi connectivity index (χ4v) is 2.72. The Morgan fingerprint density at radius 2 is 2.05 bits per heavy atom. The van der Waals surface area contributed by atoms with E-state index in [2.05, 4.69) is 10.2 Å². The molecule has 1 aromatic rings. The van der Waals surface area contributed by atoms with Crippen LogP contribution < -0.4 is 5.32 Å². The van der Waals surface area contributed by atoms with Crippen molar-refractivity contribution in [2.45, 2.75) is 25.7 Å². The Labute approximate surface area is 124 Å². The van der Waals surface area contributed by atoms with E-state index in [9.17, 15) is 9.18 Å². The number of unbranched alkanes of at least 4 members (excludes halogenated alkanes) is 1. The van der Waals surface area contributed by atoms with Crippen LogP contribution in [-0.2, 0) is 0 Å². The first-order valence-corrected chi connectivity index (χ1v) is 7.51. The maximum Gasteiger partial charge on any atom is 0.255 e. The molecule has 1 N–H and O–H groups in total. The number of amides is 1. The SMILES string of the molecule is O=C(NCCCCN1CCCC1)c1c(F)cccc1Cl. The van der Waals surface area contributed by atoms with E-state index in [1.165, 1.54) is 44.1 Å². The van der Waals surface area contributed by atoms with E-state index in [0.717, 1.165) is 19.4 Å². The Bertz CT molecular complexity index is 441. The highest BCUT2D eigenvalue weighted by Crippen LogP contribution is 2.18. The molecule has 0 radical (unpaired) electrons. The number of carbonyl (C=O) groups is 1. The van der Waals surface area contributed by atoms with E-state index >= 15 is 0 Å². The van der Waals surface area contributed by atoms with Crippen molar-refractivity contribution < 1.29 is 9.18 Å². The van der Waals surface area contributed by atoms with Crippen LogP contribution in [0.5, 0.6) is 0 Å². The molecule has 1 aromatic carbocycles. The van der Waals surface area contributed by atoms with Crippen LogP contribution in [-0.4, -0.2) is 37.0 Å². The van der Waals surface area contributed by atoms with Gasteiger partial charge in [0.1, 0.15) is 5.82 Å². The molecule has 0 bridgehead atoms. The van der Waals surface area contributed by atoms with Crippen molar-refractivity contribution in [3.05, 3.63) is 34.6 Å². The summed E-state index contributed by atoms with van der Waals surface area (Å²) in [5.74, 6) is -1.01. The molecule has 0 unspecified atom stereocenters. The van der Waals surface area contributed by atoms with E-state index in [4.69, 9.17) is 11.6 Å². The molecule has 0 spiro atoms. The second-order valence-corrected chi connectivity index (χ2v) is 5.52. The van der Waals surface area contributed by atoms with Crippen LogP contribution in [0.1, 0.15) is 36.0 Å². The standard InChI is InChI=1S/C15H20ClFN2O/c16-12-6-5-7-13(17)14(12)15(20)18-8-1-2-9-19-10-3-4-11-19/h5-7H,1-4,8-11H2,(H,18,20). The Kier molecular flexibility index (Phi) is 5.80. The third-order valence-electron chi connectivity index (χ3n) is 3.58. The van der Waals surface area contributed by atoms with E-state index in [1.807, 2.05) is 0 Å². The topological polar surface area (TPSA) is 32.3 Å². The predicted octanol–water partition coefficient (Wildman–Crippen LogP) is 3.08. The molecule has 1 aliphatic rings. The molecule has 1 saturated heterocycles. The van der Waals surface area contributed by atoms with Crippen molar-refractivity contribution in [2.75, 3.05) is 26.2 Å². The van der Waals surface area contributed by atoms with Gasteiger partial charge >= 0.3 is 0 Å². The average molecular weight is 299 g/mol. The third-order valence-corrected chi connectivity index (χ3v) is 3.89. The minimum Gasteiger partial charge on any atom is -0.352 e. The van der Waals surface area contributed by atoms with Gasteiger partial charge in [0.05, 0.1) is 10.6 Å². The lowest BCUT2D eigenvalue weighted by Crippen LogP contribution is -2.27. The highest BCUT2D eigenvalue weighted by Gasteiger charge is 2.15. The van der Waals surface area contributed by atoms with E-state index in [-0.39, 0.29) is 10.6 Å². The average Bonchev–Trinajstić information content (AvgIpc) is 2.91. The molecular weight excluding hydrogens is 279 g/mol. The number of hydrogen-bond acceptors (Lipinski definition) is 2. The smallest absolute Gasteiger partial charge is 0.255 e. The first kappa shape index (κ1) is 15.3. The summed E-state index contributed by atoms with van der Waals surface area (Å²) in [5, 5.41) is 2.88. The van der Waals surface area contributed by atoms with E-state index in [0.29, 0.717) is 6.54 Å². The lowest BCUT2D eigenvalue weighted by Gasteiger charge is -2.14. The summed E-state index contributed by atoms with van der Waals surface area (Å²) in [7, 11) is 0. The molecular formula is C15H20ClFN2O. The molecule has 110 valence electrons. The van der Waals surface area contributed by atoms with Crippen LogP contribution in [0.3, 0.4) is 0 Å². The van der Waals surface area contributed by atoms with Gasteiger partial charge in [-0.15, -0.1) is 0 Å². The monoisotopic (exact) mass is 298 g/mol. The highest BCUT2D eigenvalue weighted by atomic mass is 35.5. The number of likely N-dealkylation sites (tertiary alicyclic amines) is 1. The summed E-state index contributed by atoms with van der Waals surface area (Å²) in [6.45, 7) is 4.02. The zero-order valence-electron chi connectivity index (χ0n) is 11.5. The minimum absolute atomic E-state index is 0.0614. The summed E-state index contributed by atoms with van der Waals surface area (Å²) < 4.78 is 13.5. The maximum atomic E-state index is 13.5. The number of carbonyl (C=O) groups excluding carboxylic acids is 1. The molecule has 0 saturated carbocycles. The van der Waals surface area contributed by atoms with Crippen molar-refractivity contribution in [1.29, 1.82) is 0 Å². The molecule has 0 aromatic heterocycles. The van der Waals surface area contributed by atoms with Gasteiger partial charge in [0.2, 0.25) is 0 Å². The van der Waals surface area contributed by atoms with Crippen LogP contribution in [0.4, 0.5) is 4.39 Å². The van der Waals surface area contributed by atoms with Crippen LogP contribution in [0, 0.1) is 5.82 Å². The Hall–Kier alpha value is -1.13. The summed E-state index contributed by atoms with van der Waals surface area (Å²) in [5.41, 5.74) is -0.0614. The number of halogens is 2. The van der Waals surface area contributed by atoms with Crippen LogP contribution in [0.2, 0.25) is 5.02 Å². The Morgan fingerprint density at radius 3 is 2.75 bits per heavy atom. The molecule has 5 heteroatoms. The highest BCUT2D eigenvalue weighted by molar-refractivity contribution is 6.33. The van der Waals surface area contributed by atoms with E-state index in [1.54, 1.807) is 0 Å². The van der Waals surface area contributed by atoms with Crippen LogP contribution in [0.25, 0.3) is 0 Å². The fraction of sp³-hybridized carbons (Fsp3) is 0.533. The van der Waals surface area contributed by atoms with Gasteiger partial charge in [-0.3, -0.25) is 4.79 Å². The largest absolute Gasteiger partial charge is 0.352 e. The van der Waals surface area contributed by atoms with Gasteiger partial charge in [-0.25, -0.2) is 4.39 Å². The zero-order valence-corrected chi connectivity index (χ0v) is 12.3. The van der Waals surface area contributed by atoms with Gasteiger partial charge in [-0.05, 0) is 57.5 Å². The molecule has 0 atom stereocenters. The molecule has 0 aliphatic carbocycles. The lowest BCUT2D eigenvalue weighted by molar-refractivity contribution is 0.0949. The maximum absolute atomic E-state index is 13.5. The van der Waals surface area contributed by atoms with Gasteiger partial charge in [0.25, 0.3) is 5.91 Å². The molecule has 20 heavy (non-hydrogen) atoms. The minimum atomic E-state index is -0.577. The quantitative estimate of drug-likeness (QED) is 0.819. The molecule has 1 heterocycles. The van der Waals surface area contributed by atoms with Gasteiger partial charge in [-0.2, -0.15) is 0 Å². The Balaban J connectivity index is 1.69. The van der Waals surface area contributed by atoms with Crippen LogP contribution >= 0.6 is 11.6 Å². The van der Waals surface area contributed by atoms with Crippen molar-refractivity contribution in [3.8, 4) is 0 Å². The second kappa shape index (κ2) is 7.60. The van der Waals surface area contributed by atoms with Gasteiger partial charge in [0.15, 0.2) is 0 Å². The first-order chi connectivity index (χ1) is 9.68. The van der Waals surface area contributed by atoms with Gasteiger partial charge in [0, 0.05) is 6.54 Å². The molecule has 1 amide bonds. The number of nitrogens with one attached hydrogen (secondary N) is 1. The Morgan fingerprint density at radius 1 is 1.30 bits per heavy atom. The first-order valence-electron chi connectivity index (χ1n) is 7.13. The summed E-state index contributed by atoms with van der Waals surface area (Å²) in [6.07, 6.45) is 4.53. The van der Waals surface area contributed by atoms with E-state index < -0.39 is 11.7 Å².